The Morgan fingerprint density at radius 2 is 2.15 bits per heavy atom. The van der Waals surface area contributed by atoms with E-state index < -0.39 is 0 Å². The van der Waals surface area contributed by atoms with Gasteiger partial charge in [-0.15, -0.1) is 0 Å². The molecular formula is C18H27NO. The Morgan fingerprint density at radius 1 is 1.40 bits per heavy atom. The van der Waals surface area contributed by atoms with E-state index in [9.17, 15) is 4.79 Å². The third kappa shape index (κ3) is 3.12. The summed E-state index contributed by atoms with van der Waals surface area (Å²) in [5.41, 5.74) is 2.13. The number of carbonyl (C=O) groups excluding carboxylic acids is 1. The summed E-state index contributed by atoms with van der Waals surface area (Å²) in [7, 11) is 4.12. The van der Waals surface area contributed by atoms with Crippen molar-refractivity contribution in [3.05, 3.63) is 35.4 Å². The van der Waals surface area contributed by atoms with Crippen molar-refractivity contribution in [2.45, 2.75) is 51.5 Å². The lowest BCUT2D eigenvalue weighted by Crippen LogP contribution is -2.54. The largest absolute Gasteiger partial charge is 0.297 e. The van der Waals surface area contributed by atoms with Gasteiger partial charge in [-0.2, -0.15) is 0 Å². The van der Waals surface area contributed by atoms with E-state index in [0.29, 0.717) is 18.1 Å². The molecule has 0 N–H and O–H groups in total. The summed E-state index contributed by atoms with van der Waals surface area (Å²) >= 11 is 0. The number of carbonyl (C=O) groups is 1. The summed E-state index contributed by atoms with van der Waals surface area (Å²) < 4.78 is 0. The molecule has 0 amide bonds. The lowest BCUT2D eigenvalue weighted by molar-refractivity contribution is -0.132. The fourth-order valence-electron chi connectivity index (χ4n) is 3.60. The number of nitrogens with zero attached hydrogens (tertiary/aromatic N) is 1. The van der Waals surface area contributed by atoms with Gasteiger partial charge in [-0.05, 0) is 45.3 Å². The van der Waals surface area contributed by atoms with Crippen molar-refractivity contribution in [2.75, 3.05) is 14.1 Å². The fourth-order valence-corrected chi connectivity index (χ4v) is 3.60. The van der Waals surface area contributed by atoms with Crippen LogP contribution >= 0.6 is 0 Å². The lowest BCUT2D eigenvalue weighted by Gasteiger charge is -2.44. The quantitative estimate of drug-likeness (QED) is 0.835. The van der Waals surface area contributed by atoms with Gasteiger partial charge in [0.05, 0.1) is 5.54 Å². The third-order valence-electron chi connectivity index (χ3n) is 4.80. The molecule has 1 fully saturated rings. The number of rotatable bonds is 4. The Labute approximate surface area is 123 Å². The van der Waals surface area contributed by atoms with Gasteiger partial charge >= 0.3 is 0 Å². The first-order valence-corrected chi connectivity index (χ1v) is 7.70. The first-order valence-electron chi connectivity index (χ1n) is 7.70. The number of benzene rings is 1. The minimum Gasteiger partial charge on any atom is -0.297 e. The van der Waals surface area contributed by atoms with E-state index in [2.05, 4.69) is 51.0 Å². The highest BCUT2D eigenvalue weighted by Gasteiger charge is 2.42. The van der Waals surface area contributed by atoms with Gasteiger partial charge in [0.15, 0.2) is 5.78 Å². The van der Waals surface area contributed by atoms with Crippen LogP contribution in [0, 0.1) is 12.8 Å². The van der Waals surface area contributed by atoms with Crippen LogP contribution in [0.4, 0.5) is 0 Å². The Kier molecular flexibility index (Phi) is 4.64. The zero-order chi connectivity index (χ0) is 14.8. The van der Waals surface area contributed by atoms with Gasteiger partial charge in [-0.25, -0.2) is 0 Å². The molecule has 1 saturated carbocycles. The highest BCUT2D eigenvalue weighted by atomic mass is 16.1. The van der Waals surface area contributed by atoms with Gasteiger partial charge in [0.2, 0.25) is 0 Å². The molecule has 110 valence electrons. The average Bonchev–Trinajstić information content (AvgIpc) is 2.38. The molecule has 0 aliphatic heterocycles. The lowest BCUT2D eigenvalue weighted by atomic mass is 9.72. The van der Waals surface area contributed by atoms with Gasteiger partial charge in [0, 0.05) is 6.42 Å². The molecule has 1 aromatic rings. The molecule has 0 saturated heterocycles. The van der Waals surface area contributed by atoms with E-state index in [1.54, 1.807) is 0 Å². The predicted molar refractivity (Wildman–Crippen MR) is 83.9 cm³/mol. The standard InChI is InChI=1S/C18H27NO/c1-14-7-5-9-16(11-14)12-17(20)18(19(3)4)10-6-8-15(2)13-18/h5,7,9,11,15H,6,8,10,12-13H2,1-4H3. The van der Waals surface area contributed by atoms with Crippen molar-refractivity contribution in [3.63, 3.8) is 0 Å². The molecule has 1 aromatic carbocycles. The molecule has 0 spiro atoms. The number of hydrogen-bond donors (Lipinski definition) is 0. The smallest absolute Gasteiger partial charge is 0.157 e. The van der Waals surface area contributed by atoms with Crippen molar-refractivity contribution in [2.24, 2.45) is 5.92 Å². The van der Waals surface area contributed by atoms with Crippen molar-refractivity contribution in [3.8, 4) is 0 Å². The minimum atomic E-state index is -0.249. The van der Waals surface area contributed by atoms with Crippen LogP contribution in [0.5, 0.6) is 0 Å². The molecule has 0 radical (unpaired) electrons. The maximum Gasteiger partial charge on any atom is 0.157 e. The van der Waals surface area contributed by atoms with E-state index in [1.165, 1.54) is 18.4 Å². The third-order valence-corrected chi connectivity index (χ3v) is 4.80. The van der Waals surface area contributed by atoms with Crippen LogP contribution in [0.3, 0.4) is 0 Å². The number of ketones is 1. The van der Waals surface area contributed by atoms with E-state index >= 15 is 0 Å². The predicted octanol–water partition coefficient (Wildman–Crippen LogP) is 3.62. The SMILES string of the molecule is Cc1cccc(CC(=O)C2(N(C)C)CCCC(C)C2)c1. The van der Waals surface area contributed by atoms with E-state index in [-0.39, 0.29) is 5.54 Å². The zero-order valence-electron chi connectivity index (χ0n) is 13.3. The first-order chi connectivity index (χ1) is 9.44. The van der Waals surface area contributed by atoms with Gasteiger partial charge in [0.25, 0.3) is 0 Å². The molecule has 2 heteroatoms. The number of hydrogen-bond acceptors (Lipinski definition) is 2. The Bertz CT molecular complexity index is 480. The first kappa shape index (κ1) is 15.2. The van der Waals surface area contributed by atoms with Crippen molar-refractivity contribution >= 4 is 5.78 Å². The van der Waals surface area contributed by atoms with Crippen LogP contribution in [0.1, 0.15) is 43.7 Å². The molecule has 0 aromatic heterocycles. The second kappa shape index (κ2) is 6.09. The molecule has 1 aliphatic carbocycles. The van der Waals surface area contributed by atoms with Crippen molar-refractivity contribution < 1.29 is 4.79 Å². The van der Waals surface area contributed by atoms with Crippen LogP contribution in [0.15, 0.2) is 24.3 Å². The molecule has 2 unspecified atom stereocenters. The maximum atomic E-state index is 12.9. The molecule has 1 aliphatic rings. The van der Waals surface area contributed by atoms with E-state index in [0.717, 1.165) is 18.4 Å². The fraction of sp³-hybridized carbons (Fsp3) is 0.611. The number of Topliss-reactive ketones (excluding diaryl/α,β-unsaturated/α-hetero) is 1. The summed E-state index contributed by atoms with van der Waals surface area (Å²) in [6, 6.07) is 8.33. The minimum absolute atomic E-state index is 0.249. The van der Waals surface area contributed by atoms with Crippen molar-refractivity contribution in [1.82, 2.24) is 4.90 Å². The highest BCUT2D eigenvalue weighted by molar-refractivity contribution is 5.90. The molecule has 2 nitrogen and oxygen atoms in total. The highest BCUT2D eigenvalue weighted by Crippen LogP contribution is 2.37. The van der Waals surface area contributed by atoms with Gasteiger partial charge in [-0.3, -0.25) is 9.69 Å². The molecule has 0 bridgehead atoms. The Balaban J connectivity index is 2.19. The van der Waals surface area contributed by atoms with Crippen LogP contribution in [-0.2, 0) is 11.2 Å². The molecule has 2 rings (SSSR count). The molecule has 20 heavy (non-hydrogen) atoms. The maximum absolute atomic E-state index is 12.9. The normalized spacial score (nSPS) is 26.8. The van der Waals surface area contributed by atoms with E-state index in [1.807, 2.05) is 6.07 Å². The van der Waals surface area contributed by atoms with Gasteiger partial charge < -0.3 is 0 Å². The Hall–Kier alpha value is -1.15. The second-order valence-electron chi connectivity index (χ2n) is 6.72. The topological polar surface area (TPSA) is 20.3 Å². The van der Waals surface area contributed by atoms with Crippen LogP contribution in [0.25, 0.3) is 0 Å². The summed E-state index contributed by atoms with van der Waals surface area (Å²) in [5.74, 6) is 1.03. The molecule has 0 heterocycles. The number of likely N-dealkylation sites (N-methyl/N-ethyl adjacent to an activating group) is 1. The average molecular weight is 273 g/mol. The Morgan fingerprint density at radius 3 is 2.75 bits per heavy atom. The molecule has 2 atom stereocenters. The molecular weight excluding hydrogens is 246 g/mol. The zero-order valence-corrected chi connectivity index (χ0v) is 13.3. The van der Waals surface area contributed by atoms with Crippen molar-refractivity contribution in [1.29, 1.82) is 0 Å². The van der Waals surface area contributed by atoms with Crippen LogP contribution < -0.4 is 0 Å². The number of aryl methyl sites for hydroxylation is 1. The van der Waals surface area contributed by atoms with Gasteiger partial charge in [0.1, 0.15) is 0 Å². The van der Waals surface area contributed by atoms with Crippen LogP contribution in [-0.4, -0.2) is 30.3 Å². The van der Waals surface area contributed by atoms with Crippen LogP contribution in [0.2, 0.25) is 0 Å². The van der Waals surface area contributed by atoms with E-state index in [4.69, 9.17) is 0 Å². The summed E-state index contributed by atoms with van der Waals surface area (Å²) in [5, 5.41) is 0. The monoisotopic (exact) mass is 273 g/mol. The summed E-state index contributed by atoms with van der Waals surface area (Å²) in [4.78, 5) is 15.1. The summed E-state index contributed by atoms with van der Waals surface area (Å²) in [6.07, 6.45) is 5.00. The second-order valence-corrected chi connectivity index (χ2v) is 6.72. The van der Waals surface area contributed by atoms with Gasteiger partial charge in [-0.1, -0.05) is 49.6 Å². The summed E-state index contributed by atoms with van der Waals surface area (Å²) in [6.45, 7) is 4.36.